The van der Waals surface area contributed by atoms with Crippen LogP contribution in [-0.2, 0) is 0 Å². The molecule has 0 radical (unpaired) electrons. The largest absolute Gasteiger partial charge is 0.310 e. The van der Waals surface area contributed by atoms with Gasteiger partial charge in [0, 0.05) is 16.7 Å². The predicted octanol–water partition coefficient (Wildman–Crippen LogP) is 5.23. The van der Waals surface area contributed by atoms with Crippen LogP contribution in [0.15, 0.2) is 64.6 Å². The zero-order valence-corrected chi connectivity index (χ0v) is 12.4. The molecular weight excluding hydrogens is 262 g/mol. The average molecular weight is 277 g/mol. The minimum absolute atomic E-state index is 1.27. The van der Waals surface area contributed by atoms with Gasteiger partial charge in [-0.15, -0.1) is 0 Å². The van der Waals surface area contributed by atoms with Crippen molar-refractivity contribution in [3.05, 3.63) is 65.9 Å². The normalized spacial score (nSPS) is 12.3. The van der Waals surface area contributed by atoms with E-state index >= 15 is 0 Å². The van der Waals surface area contributed by atoms with Crippen molar-refractivity contribution in [2.75, 3.05) is 0 Å². The molecule has 0 saturated heterocycles. The Balaban J connectivity index is 2.13. The highest BCUT2D eigenvalue weighted by Crippen LogP contribution is 2.45. The van der Waals surface area contributed by atoms with Crippen molar-refractivity contribution in [3.63, 3.8) is 0 Å². The highest BCUT2D eigenvalue weighted by atomic mass is 32.2. The highest BCUT2D eigenvalue weighted by molar-refractivity contribution is 7.99. The fraction of sp³-hybridized carbons (Fsp3) is 0.111. The van der Waals surface area contributed by atoms with Crippen LogP contribution >= 0.6 is 11.8 Å². The zero-order chi connectivity index (χ0) is 13.7. The molecule has 2 aromatic carbocycles. The minimum atomic E-state index is 1.27. The summed E-state index contributed by atoms with van der Waals surface area (Å²) in [6.45, 7) is 4.40. The second-order valence-corrected chi connectivity index (χ2v) is 6.26. The van der Waals surface area contributed by atoms with E-state index < -0.39 is 0 Å². The summed E-state index contributed by atoms with van der Waals surface area (Å²) < 4.78 is 2.34. The fourth-order valence-corrected chi connectivity index (χ4v) is 4.00. The number of para-hydroxylation sites is 1. The number of hydrogen-bond donors (Lipinski definition) is 0. The van der Waals surface area contributed by atoms with Crippen molar-refractivity contribution in [2.24, 2.45) is 0 Å². The molecular formula is C18H15NS. The van der Waals surface area contributed by atoms with Gasteiger partial charge in [-0.25, -0.2) is 0 Å². The zero-order valence-electron chi connectivity index (χ0n) is 11.6. The first-order valence-corrected chi connectivity index (χ1v) is 7.62. The number of aromatic nitrogens is 1. The van der Waals surface area contributed by atoms with Crippen LogP contribution in [0.4, 0.5) is 0 Å². The fourth-order valence-electron chi connectivity index (χ4n) is 2.80. The van der Waals surface area contributed by atoms with E-state index in [1.807, 2.05) is 11.8 Å². The molecule has 0 atom stereocenters. The van der Waals surface area contributed by atoms with E-state index in [-0.39, 0.29) is 0 Å². The molecule has 0 fully saturated rings. The van der Waals surface area contributed by atoms with E-state index in [2.05, 4.69) is 73.1 Å². The molecule has 98 valence electrons. The van der Waals surface area contributed by atoms with Gasteiger partial charge in [0.1, 0.15) is 0 Å². The molecule has 0 spiro atoms. The molecule has 1 nitrogen and oxygen atoms in total. The number of benzene rings is 2. The van der Waals surface area contributed by atoms with Gasteiger partial charge in [-0.3, -0.25) is 0 Å². The third-order valence-electron chi connectivity index (χ3n) is 4.00. The number of rotatable bonds is 0. The van der Waals surface area contributed by atoms with Gasteiger partial charge in [-0.1, -0.05) is 48.2 Å². The smallest absolute Gasteiger partial charge is 0.0875 e. The van der Waals surface area contributed by atoms with Gasteiger partial charge in [0.25, 0.3) is 0 Å². The topological polar surface area (TPSA) is 4.93 Å². The lowest BCUT2D eigenvalue weighted by molar-refractivity contribution is 0.948. The van der Waals surface area contributed by atoms with Gasteiger partial charge in [0.15, 0.2) is 0 Å². The number of hydrogen-bond acceptors (Lipinski definition) is 1. The number of aryl methyl sites for hydroxylation is 1. The lowest BCUT2D eigenvalue weighted by Gasteiger charge is -2.09. The molecule has 0 aliphatic carbocycles. The van der Waals surface area contributed by atoms with E-state index in [0.717, 1.165) is 0 Å². The molecule has 0 bridgehead atoms. The van der Waals surface area contributed by atoms with E-state index in [0.29, 0.717) is 0 Å². The van der Waals surface area contributed by atoms with Crippen LogP contribution in [0.25, 0.3) is 16.8 Å². The van der Waals surface area contributed by atoms with Gasteiger partial charge < -0.3 is 4.57 Å². The summed E-state index contributed by atoms with van der Waals surface area (Å²) in [6.07, 6.45) is 2.25. The van der Waals surface area contributed by atoms with E-state index in [1.165, 1.54) is 37.9 Å². The molecule has 1 aliphatic heterocycles. The monoisotopic (exact) mass is 277 g/mol. The Kier molecular flexibility index (Phi) is 2.54. The van der Waals surface area contributed by atoms with Gasteiger partial charge in [-0.2, -0.15) is 0 Å². The molecule has 0 amide bonds. The Labute approximate surface area is 123 Å². The molecule has 0 N–H and O–H groups in total. The van der Waals surface area contributed by atoms with Crippen LogP contribution in [0.3, 0.4) is 0 Å². The maximum absolute atomic E-state index is 2.34. The second kappa shape index (κ2) is 4.29. The first-order chi connectivity index (χ1) is 9.75. The maximum Gasteiger partial charge on any atom is 0.0875 e. The van der Waals surface area contributed by atoms with Gasteiger partial charge >= 0.3 is 0 Å². The Bertz CT molecular complexity index is 814. The average Bonchev–Trinajstić information content (AvgIpc) is 2.69. The molecule has 1 aromatic heterocycles. The van der Waals surface area contributed by atoms with Crippen LogP contribution < -0.4 is 0 Å². The predicted molar refractivity (Wildman–Crippen MR) is 84.8 cm³/mol. The Morgan fingerprint density at radius 2 is 1.55 bits per heavy atom. The Hall–Kier alpha value is -1.93. The number of fused-ring (bicyclic) bond motifs is 5. The molecule has 2 heteroatoms. The van der Waals surface area contributed by atoms with Gasteiger partial charge in [-0.05, 0) is 42.7 Å². The van der Waals surface area contributed by atoms with Crippen LogP contribution in [0.5, 0.6) is 0 Å². The minimum Gasteiger partial charge on any atom is -0.310 e. The third-order valence-corrected chi connectivity index (χ3v) is 5.27. The van der Waals surface area contributed by atoms with Gasteiger partial charge in [0.05, 0.1) is 10.7 Å². The van der Waals surface area contributed by atoms with E-state index in [1.54, 1.807) is 0 Å². The van der Waals surface area contributed by atoms with Crippen molar-refractivity contribution in [2.45, 2.75) is 23.8 Å². The van der Waals surface area contributed by atoms with Crippen LogP contribution in [0, 0.1) is 13.8 Å². The molecule has 0 saturated carbocycles. The van der Waals surface area contributed by atoms with Gasteiger partial charge in [0.2, 0.25) is 0 Å². The summed E-state index contributed by atoms with van der Waals surface area (Å²) in [7, 11) is 0. The van der Waals surface area contributed by atoms with Crippen molar-refractivity contribution < 1.29 is 0 Å². The van der Waals surface area contributed by atoms with Crippen molar-refractivity contribution >= 4 is 11.8 Å². The SMILES string of the molecule is Cc1cn2c(c1C)Sc1ccccc1-c1ccccc1-2. The second-order valence-electron chi connectivity index (χ2n) is 5.23. The van der Waals surface area contributed by atoms with Crippen LogP contribution in [0.1, 0.15) is 11.1 Å². The Morgan fingerprint density at radius 1 is 0.850 bits per heavy atom. The highest BCUT2D eigenvalue weighted by Gasteiger charge is 2.21. The summed E-state index contributed by atoms with van der Waals surface area (Å²) in [5.41, 5.74) is 6.64. The first kappa shape index (κ1) is 11.9. The summed E-state index contributed by atoms with van der Waals surface area (Å²) in [5, 5.41) is 1.33. The summed E-state index contributed by atoms with van der Waals surface area (Å²) >= 11 is 1.87. The van der Waals surface area contributed by atoms with Crippen molar-refractivity contribution in [1.82, 2.24) is 4.57 Å². The summed E-state index contributed by atoms with van der Waals surface area (Å²) in [4.78, 5) is 1.33. The molecule has 3 aromatic rings. The van der Waals surface area contributed by atoms with E-state index in [9.17, 15) is 0 Å². The van der Waals surface area contributed by atoms with Crippen molar-refractivity contribution in [1.29, 1.82) is 0 Å². The molecule has 2 heterocycles. The lowest BCUT2D eigenvalue weighted by Crippen LogP contribution is -1.94. The number of nitrogens with zero attached hydrogens (tertiary/aromatic N) is 1. The quantitative estimate of drug-likeness (QED) is 0.426. The van der Waals surface area contributed by atoms with E-state index in [4.69, 9.17) is 0 Å². The molecule has 20 heavy (non-hydrogen) atoms. The lowest BCUT2D eigenvalue weighted by atomic mass is 10.0. The summed E-state index contributed by atoms with van der Waals surface area (Å²) in [5.74, 6) is 0. The molecule has 1 aliphatic rings. The standard InChI is InChI=1S/C18H15NS/c1-12-11-19-16-9-5-3-7-14(16)15-8-4-6-10-17(15)20-18(19)13(12)2/h3-11H,1-2H3. The molecule has 0 unspecified atom stereocenters. The summed E-state index contributed by atoms with van der Waals surface area (Å²) in [6, 6.07) is 17.3. The van der Waals surface area contributed by atoms with Crippen LogP contribution in [-0.4, -0.2) is 4.57 Å². The third kappa shape index (κ3) is 1.58. The van der Waals surface area contributed by atoms with Crippen LogP contribution in [0.2, 0.25) is 0 Å². The maximum atomic E-state index is 2.34. The molecule has 4 rings (SSSR count). The van der Waals surface area contributed by atoms with Crippen molar-refractivity contribution in [3.8, 4) is 16.8 Å². The first-order valence-electron chi connectivity index (χ1n) is 6.81. The Morgan fingerprint density at radius 3 is 2.40 bits per heavy atom.